The Balaban J connectivity index is 2.55. The van der Waals surface area contributed by atoms with Gasteiger partial charge < -0.3 is 14.5 Å². The van der Waals surface area contributed by atoms with E-state index >= 15 is 0 Å². The highest BCUT2D eigenvalue weighted by molar-refractivity contribution is 5.69. The zero-order chi connectivity index (χ0) is 16.3. The van der Waals surface area contributed by atoms with Gasteiger partial charge in [-0.15, -0.1) is 0 Å². The lowest BCUT2D eigenvalue weighted by Crippen LogP contribution is -2.23. The van der Waals surface area contributed by atoms with Crippen LogP contribution in [-0.4, -0.2) is 30.5 Å². The quantitative estimate of drug-likeness (QED) is 0.658. The van der Waals surface area contributed by atoms with Gasteiger partial charge >= 0.3 is 0 Å². The summed E-state index contributed by atoms with van der Waals surface area (Å²) in [6.07, 6.45) is -0.0354. The number of carbonyl (C=O) groups excluding carboxylic acids is 1. The zero-order valence-corrected chi connectivity index (χ0v) is 13.0. The van der Waals surface area contributed by atoms with Gasteiger partial charge in [-0.3, -0.25) is 4.79 Å². The minimum absolute atomic E-state index is 0.194. The number of halogens is 1. The van der Waals surface area contributed by atoms with Crippen molar-refractivity contribution in [3.05, 3.63) is 52.9 Å². The van der Waals surface area contributed by atoms with E-state index in [1.165, 1.54) is 26.4 Å². The van der Waals surface area contributed by atoms with Gasteiger partial charge in [-0.2, -0.15) is 0 Å². The Morgan fingerprint density at radius 1 is 1.23 bits per heavy atom. The number of carbonyl (C=O) groups is 1. The van der Waals surface area contributed by atoms with Crippen molar-refractivity contribution in [3.8, 4) is 0 Å². The Hall–Kier alpha value is -2.05. The van der Waals surface area contributed by atoms with Gasteiger partial charge in [0.2, 0.25) is 0 Å². The number of H-pyrrole nitrogens is 1. The van der Waals surface area contributed by atoms with Crippen LogP contribution in [-0.2, 0) is 14.9 Å². The maximum Gasteiger partial charge on any atom is 0.200 e. The average Bonchev–Trinajstić information content (AvgIpc) is 2.94. The molecular formula is C16H19FN2O3. The number of ether oxygens (including phenoxy) is 2. The summed E-state index contributed by atoms with van der Waals surface area (Å²) >= 11 is 0. The summed E-state index contributed by atoms with van der Waals surface area (Å²) in [5.41, 5.74) is 1.50. The molecule has 0 unspecified atom stereocenters. The average molecular weight is 306 g/mol. The van der Waals surface area contributed by atoms with E-state index in [4.69, 9.17) is 9.47 Å². The van der Waals surface area contributed by atoms with E-state index in [1.807, 2.05) is 13.8 Å². The van der Waals surface area contributed by atoms with E-state index in [0.717, 1.165) is 5.56 Å². The molecule has 0 saturated carbocycles. The van der Waals surface area contributed by atoms with Crippen LogP contribution in [0.5, 0.6) is 0 Å². The predicted molar refractivity (Wildman–Crippen MR) is 79.3 cm³/mol. The summed E-state index contributed by atoms with van der Waals surface area (Å²) < 4.78 is 23.7. The highest BCUT2D eigenvalue weighted by Crippen LogP contribution is 2.35. The number of hydrogen-bond acceptors (Lipinski definition) is 4. The monoisotopic (exact) mass is 306 g/mol. The molecule has 2 aromatic rings. The van der Waals surface area contributed by atoms with Gasteiger partial charge in [0.15, 0.2) is 18.4 Å². The van der Waals surface area contributed by atoms with Crippen molar-refractivity contribution in [1.82, 2.24) is 9.97 Å². The first-order valence-corrected chi connectivity index (χ1v) is 6.81. The smallest absolute Gasteiger partial charge is 0.200 e. The number of methoxy groups -OCH3 is 2. The van der Waals surface area contributed by atoms with Crippen molar-refractivity contribution in [2.45, 2.75) is 25.6 Å². The Labute approximate surface area is 128 Å². The lowest BCUT2D eigenvalue weighted by Gasteiger charge is -2.26. The number of hydrogen-bond donors (Lipinski definition) is 1. The number of nitrogens with one attached hydrogen (secondary N) is 1. The summed E-state index contributed by atoms with van der Waals surface area (Å²) in [7, 11) is 3.01. The van der Waals surface area contributed by atoms with E-state index < -0.39 is 11.7 Å². The third-order valence-electron chi connectivity index (χ3n) is 3.68. The summed E-state index contributed by atoms with van der Waals surface area (Å²) in [5, 5.41) is 0. The maximum atomic E-state index is 13.1. The molecular weight excluding hydrogens is 287 g/mol. The van der Waals surface area contributed by atoms with Crippen LogP contribution in [0, 0.1) is 5.82 Å². The molecule has 1 aromatic carbocycles. The summed E-state index contributed by atoms with van der Waals surface area (Å²) in [6, 6.07) is 6.19. The molecule has 6 heteroatoms. The summed E-state index contributed by atoms with van der Waals surface area (Å²) in [4.78, 5) is 18.3. The molecule has 0 aliphatic rings. The highest BCUT2D eigenvalue weighted by atomic mass is 19.1. The summed E-state index contributed by atoms with van der Waals surface area (Å²) in [6.45, 7) is 3.88. The second-order valence-electron chi connectivity index (χ2n) is 5.44. The van der Waals surface area contributed by atoms with Gasteiger partial charge in [-0.25, -0.2) is 9.37 Å². The second kappa shape index (κ2) is 6.37. The van der Waals surface area contributed by atoms with Gasteiger partial charge in [-0.1, -0.05) is 26.0 Å². The van der Waals surface area contributed by atoms with Crippen LogP contribution < -0.4 is 0 Å². The molecule has 0 saturated heterocycles. The van der Waals surface area contributed by atoms with Crippen LogP contribution in [0.3, 0.4) is 0 Å². The Kier molecular flexibility index (Phi) is 4.73. The fourth-order valence-corrected chi connectivity index (χ4v) is 2.44. The van der Waals surface area contributed by atoms with Crippen molar-refractivity contribution in [1.29, 1.82) is 0 Å². The second-order valence-corrected chi connectivity index (χ2v) is 5.44. The number of nitrogens with zero attached hydrogens (tertiary/aromatic N) is 1. The van der Waals surface area contributed by atoms with E-state index in [1.54, 1.807) is 12.1 Å². The number of rotatable bonds is 6. The molecule has 1 N–H and O–H groups in total. The highest BCUT2D eigenvalue weighted by Gasteiger charge is 2.32. The number of benzene rings is 1. The molecule has 2 rings (SSSR count). The first-order valence-electron chi connectivity index (χ1n) is 6.81. The Morgan fingerprint density at radius 3 is 2.32 bits per heavy atom. The first kappa shape index (κ1) is 16.3. The Morgan fingerprint density at radius 2 is 1.82 bits per heavy atom. The number of aromatic amines is 1. The zero-order valence-electron chi connectivity index (χ0n) is 13.0. The molecule has 0 bridgehead atoms. The van der Waals surface area contributed by atoms with Crippen LogP contribution in [0.2, 0.25) is 0 Å². The van der Waals surface area contributed by atoms with Gasteiger partial charge in [0.05, 0.1) is 11.4 Å². The van der Waals surface area contributed by atoms with E-state index in [0.29, 0.717) is 17.7 Å². The predicted octanol–water partition coefficient (Wildman–Crippen LogP) is 2.98. The van der Waals surface area contributed by atoms with Crippen LogP contribution in [0.15, 0.2) is 24.3 Å². The first-order chi connectivity index (χ1) is 10.4. The fraction of sp³-hybridized carbons (Fsp3) is 0.375. The number of imidazole rings is 1. The van der Waals surface area contributed by atoms with Gasteiger partial charge in [0.25, 0.3) is 0 Å². The van der Waals surface area contributed by atoms with Gasteiger partial charge in [0, 0.05) is 19.6 Å². The van der Waals surface area contributed by atoms with Crippen LogP contribution >= 0.6 is 0 Å². The number of aromatic nitrogens is 2. The maximum absolute atomic E-state index is 13.1. The van der Waals surface area contributed by atoms with Crippen LogP contribution in [0.4, 0.5) is 4.39 Å². The van der Waals surface area contributed by atoms with Crippen molar-refractivity contribution < 1.29 is 18.7 Å². The van der Waals surface area contributed by atoms with Crippen molar-refractivity contribution in [3.63, 3.8) is 0 Å². The van der Waals surface area contributed by atoms with Crippen LogP contribution in [0.25, 0.3) is 0 Å². The topological polar surface area (TPSA) is 64.2 Å². The van der Waals surface area contributed by atoms with Crippen molar-refractivity contribution in [2.75, 3.05) is 14.2 Å². The molecule has 0 aliphatic carbocycles. The van der Waals surface area contributed by atoms with E-state index in [9.17, 15) is 9.18 Å². The lowest BCUT2D eigenvalue weighted by molar-refractivity contribution is -0.109. The molecule has 0 fully saturated rings. The van der Waals surface area contributed by atoms with Crippen molar-refractivity contribution in [2.24, 2.45) is 0 Å². The third kappa shape index (κ3) is 2.93. The molecule has 118 valence electrons. The molecule has 0 amide bonds. The standard InChI is InChI=1S/C16H19FN2O3/c1-16(2,10-5-7-11(17)8-6-10)14-13(15(21-3)22-4)18-12(9-20)19-14/h5-9,15H,1-4H3,(H,18,19). The normalized spacial score (nSPS) is 11.9. The van der Waals surface area contributed by atoms with E-state index in [2.05, 4.69) is 9.97 Å². The largest absolute Gasteiger partial charge is 0.350 e. The molecule has 1 heterocycles. The third-order valence-corrected chi connectivity index (χ3v) is 3.68. The number of aldehydes is 1. The molecule has 0 radical (unpaired) electrons. The fourth-order valence-electron chi connectivity index (χ4n) is 2.44. The molecule has 5 nitrogen and oxygen atoms in total. The molecule has 1 aromatic heterocycles. The van der Waals surface area contributed by atoms with Crippen LogP contribution in [0.1, 0.15) is 47.7 Å². The minimum Gasteiger partial charge on any atom is -0.350 e. The van der Waals surface area contributed by atoms with E-state index in [-0.39, 0.29) is 11.6 Å². The SMILES string of the molecule is COC(OC)c1[nH]c(C=O)nc1C(C)(C)c1ccc(F)cc1. The van der Waals surface area contributed by atoms with Crippen molar-refractivity contribution >= 4 is 6.29 Å². The minimum atomic E-state index is -0.670. The summed E-state index contributed by atoms with van der Waals surface area (Å²) in [5.74, 6) is -0.110. The lowest BCUT2D eigenvalue weighted by atomic mass is 9.80. The molecule has 0 aliphatic heterocycles. The molecule has 22 heavy (non-hydrogen) atoms. The molecule has 0 atom stereocenters. The Bertz CT molecular complexity index is 646. The van der Waals surface area contributed by atoms with Gasteiger partial charge in [-0.05, 0) is 17.7 Å². The van der Waals surface area contributed by atoms with Gasteiger partial charge in [0.1, 0.15) is 5.82 Å². The molecule has 0 spiro atoms.